The molecule has 0 amide bonds. The Balaban J connectivity index is 2.75. The summed E-state index contributed by atoms with van der Waals surface area (Å²) in [5.41, 5.74) is 8.26. The van der Waals surface area contributed by atoms with Crippen LogP contribution in [0.1, 0.15) is 26.3 Å². The number of rotatable bonds is 7. The third-order valence-corrected chi connectivity index (χ3v) is 3.11. The fourth-order valence-electron chi connectivity index (χ4n) is 1.96. The molecule has 0 aliphatic rings. The summed E-state index contributed by atoms with van der Waals surface area (Å²) in [7, 11) is 2.06. The lowest BCUT2D eigenvalue weighted by atomic mass is 10.0. The van der Waals surface area contributed by atoms with E-state index < -0.39 is 0 Å². The molecule has 108 valence electrons. The largest absolute Gasteiger partial charge is 0.377 e. The average Bonchev–Trinajstić information content (AvgIpc) is 2.30. The zero-order valence-corrected chi connectivity index (χ0v) is 13.1. The summed E-state index contributed by atoms with van der Waals surface area (Å²) < 4.78 is 5.59. The fraction of sp³-hybridized carbons (Fsp3) is 0.600. The van der Waals surface area contributed by atoms with Gasteiger partial charge in [-0.2, -0.15) is 0 Å². The van der Waals surface area contributed by atoms with Gasteiger partial charge in [0.2, 0.25) is 0 Å². The number of likely N-dealkylation sites (N-methyl/N-ethyl adjacent to an activating group) is 1. The lowest BCUT2D eigenvalue weighted by molar-refractivity contribution is 0.0846. The predicted molar refractivity (Wildman–Crippen MR) is 83.2 cm³/mol. The molecule has 3 nitrogen and oxygen atoms in total. The van der Waals surface area contributed by atoms with Gasteiger partial charge in [0.15, 0.2) is 0 Å². The fourth-order valence-corrected chi connectivity index (χ4v) is 2.12. The van der Waals surface area contributed by atoms with Gasteiger partial charge >= 0.3 is 0 Å². The molecule has 19 heavy (non-hydrogen) atoms. The molecule has 1 atom stereocenters. The van der Waals surface area contributed by atoms with Gasteiger partial charge in [-0.3, -0.25) is 0 Å². The molecule has 0 saturated carbocycles. The van der Waals surface area contributed by atoms with Crippen molar-refractivity contribution < 1.29 is 4.74 Å². The predicted octanol–water partition coefficient (Wildman–Crippen LogP) is 3.09. The lowest BCUT2D eigenvalue weighted by Crippen LogP contribution is -2.26. The van der Waals surface area contributed by atoms with Gasteiger partial charge < -0.3 is 15.4 Å². The number of halogens is 1. The summed E-state index contributed by atoms with van der Waals surface area (Å²) in [6.45, 7) is 7.64. The molecule has 0 fully saturated rings. The molecule has 0 radical (unpaired) electrons. The standard InChI is InChI=1S/C15H25ClN2O/c1-11(2)19-8-7-18(4)15-10-14(16)6-5-13(15)9-12(3)17/h5-6,10-12H,7-9,17H2,1-4H3. The first-order valence-electron chi connectivity index (χ1n) is 6.77. The van der Waals surface area contributed by atoms with Crippen LogP contribution in [0.15, 0.2) is 18.2 Å². The first-order valence-corrected chi connectivity index (χ1v) is 7.14. The highest BCUT2D eigenvalue weighted by molar-refractivity contribution is 6.30. The van der Waals surface area contributed by atoms with Crippen molar-refractivity contribution in [3.8, 4) is 0 Å². The summed E-state index contributed by atoms with van der Waals surface area (Å²) in [5, 5.41) is 0.750. The van der Waals surface area contributed by atoms with Crippen LogP contribution >= 0.6 is 11.6 Å². The molecule has 1 aromatic carbocycles. The van der Waals surface area contributed by atoms with Crippen molar-refractivity contribution in [1.82, 2.24) is 0 Å². The van der Waals surface area contributed by atoms with Crippen LogP contribution < -0.4 is 10.6 Å². The number of hydrogen-bond acceptors (Lipinski definition) is 3. The van der Waals surface area contributed by atoms with E-state index in [1.165, 1.54) is 5.56 Å². The van der Waals surface area contributed by atoms with Crippen molar-refractivity contribution in [2.75, 3.05) is 25.1 Å². The van der Waals surface area contributed by atoms with Crippen LogP contribution in [-0.2, 0) is 11.2 Å². The Kier molecular flexibility index (Phi) is 6.63. The van der Waals surface area contributed by atoms with E-state index in [9.17, 15) is 0 Å². The highest BCUT2D eigenvalue weighted by Gasteiger charge is 2.10. The van der Waals surface area contributed by atoms with Gasteiger partial charge in [0.05, 0.1) is 12.7 Å². The van der Waals surface area contributed by atoms with Gasteiger partial charge in [-0.15, -0.1) is 0 Å². The van der Waals surface area contributed by atoms with Gasteiger partial charge in [0.25, 0.3) is 0 Å². The van der Waals surface area contributed by atoms with E-state index in [0.717, 1.165) is 23.7 Å². The van der Waals surface area contributed by atoms with Crippen LogP contribution in [0.3, 0.4) is 0 Å². The minimum absolute atomic E-state index is 0.139. The average molecular weight is 285 g/mol. The zero-order chi connectivity index (χ0) is 14.4. The van der Waals surface area contributed by atoms with E-state index >= 15 is 0 Å². The summed E-state index contributed by atoms with van der Waals surface area (Å²) in [4.78, 5) is 2.17. The number of nitrogens with two attached hydrogens (primary N) is 1. The van der Waals surface area contributed by atoms with E-state index in [1.807, 2.05) is 32.9 Å². The first kappa shape index (κ1) is 16.3. The van der Waals surface area contributed by atoms with Crippen LogP contribution in [0, 0.1) is 0 Å². The number of ether oxygens (including phenoxy) is 1. The molecular formula is C15H25ClN2O. The lowest BCUT2D eigenvalue weighted by Gasteiger charge is -2.24. The monoisotopic (exact) mass is 284 g/mol. The second kappa shape index (κ2) is 7.73. The Hall–Kier alpha value is -0.770. The van der Waals surface area contributed by atoms with Crippen molar-refractivity contribution in [3.05, 3.63) is 28.8 Å². The maximum Gasteiger partial charge on any atom is 0.0644 e. The van der Waals surface area contributed by atoms with Gasteiger partial charge in [-0.05, 0) is 44.9 Å². The topological polar surface area (TPSA) is 38.5 Å². The molecule has 0 aliphatic carbocycles. The minimum atomic E-state index is 0.139. The second-order valence-corrected chi connectivity index (χ2v) is 5.73. The molecule has 1 aromatic rings. The van der Waals surface area contributed by atoms with E-state index in [1.54, 1.807) is 0 Å². The highest BCUT2D eigenvalue weighted by atomic mass is 35.5. The molecule has 1 unspecified atom stereocenters. The van der Waals surface area contributed by atoms with E-state index in [4.69, 9.17) is 22.1 Å². The summed E-state index contributed by atoms with van der Waals surface area (Å²) >= 11 is 6.09. The van der Waals surface area contributed by atoms with Crippen molar-refractivity contribution in [2.45, 2.75) is 39.3 Å². The third-order valence-electron chi connectivity index (χ3n) is 2.88. The Morgan fingerprint density at radius 3 is 2.58 bits per heavy atom. The SMILES string of the molecule is CC(N)Cc1ccc(Cl)cc1N(C)CCOC(C)C. The number of benzene rings is 1. The summed E-state index contributed by atoms with van der Waals surface area (Å²) in [6, 6.07) is 6.11. The van der Waals surface area contributed by atoms with Gasteiger partial charge in [-0.25, -0.2) is 0 Å². The van der Waals surface area contributed by atoms with E-state index in [0.29, 0.717) is 6.61 Å². The summed E-state index contributed by atoms with van der Waals surface area (Å²) in [6.07, 6.45) is 1.11. The van der Waals surface area contributed by atoms with Crippen LogP contribution in [0.25, 0.3) is 0 Å². The Labute approximate surface area is 121 Å². The van der Waals surface area contributed by atoms with Crippen LogP contribution in [-0.4, -0.2) is 32.3 Å². The van der Waals surface area contributed by atoms with Crippen LogP contribution in [0.5, 0.6) is 0 Å². The van der Waals surface area contributed by atoms with Crippen molar-refractivity contribution in [2.24, 2.45) is 5.73 Å². The molecule has 2 N–H and O–H groups in total. The van der Waals surface area contributed by atoms with Crippen LogP contribution in [0.2, 0.25) is 5.02 Å². The molecule has 0 heterocycles. The molecule has 1 rings (SSSR count). The molecule has 0 aliphatic heterocycles. The Morgan fingerprint density at radius 1 is 1.32 bits per heavy atom. The summed E-state index contributed by atoms with van der Waals surface area (Å²) in [5.74, 6) is 0. The molecule has 0 bridgehead atoms. The highest BCUT2D eigenvalue weighted by Crippen LogP contribution is 2.25. The molecular weight excluding hydrogens is 260 g/mol. The quantitative estimate of drug-likeness (QED) is 0.836. The Bertz CT molecular complexity index is 394. The molecule has 0 spiro atoms. The van der Waals surface area contributed by atoms with Crippen molar-refractivity contribution in [3.63, 3.8) is 0 Å². The number of hydrogen-bond donors (Lipinski definition) is 1. The van der Waals surface area contributed by atoms with Gasteiger partial charge in [0, 0.05) is 30.3 Å². The maximum atomic E-state index is 6.09. The minimum Gasteiger partial charge on any atom is -0.377 e. The van der Waals surface area contributed by atoms with E-state index in [-0.39, 0.29) is 12.1 Å². The molecule has 0 aromatic heterocycles. The Morgan fingerprint density at radius 2 is 2.00 bits per heavy atom. The molecule has 4 heteroatoms. The third kappa shape index (κ3) is 5.81. The number of anilines is 1. The first-order chi connectivity index (χ1) is 8.90. The maximum absolute atomic E-state index is 6.09. The normalized spacial score (nSPS) is 12.8. The van der Waals surface area contributed by atoms with Gasteiger partial charge in [0.1, 0.15) is 0 Å². The number of nitrogens with zero attached hydrogens (tertiary/aromatic N) is 1. The van der Waals surface area contributed by atoms with Crippen molar-refractivity contribution >= 4 is 17.3 Å². The molecule has 0 saturated heterocycles. The second-order valence-electron chi connectivity index (χ2n) is 5.30. The zero-order valence-electron chi connectivity index (χ0n) is 12.3. The smallest absolute Gasteiger partial charge is 0.0644 e. The van der Waals surface area contributed by atoms with Crippen LogP contribution in [0.4, 0.5) is 5.69 Å². The van der Waals surface area contributed by atoms with E-state index in [2.05, 4.69) is 18.0 Å². The van der Waals surface area contributed by atoms with Crippen molar-refractivity contribution in [1.29, 1.82) is 0 Å². The van der Waals surface area contributed by atoms with Gasteiger partial charge in [-0.1, -0.05) is 17.7 Å².